The largest absolute Gasteiger partial charge is 0.455 e. The first-order valence-corrected chi connectivity index (χ1v) is 4.97. The molecular formula is C10H18O6. The molecule has 0 amide bonds. The molecule has 0 aliphatic carbocycles. The van der Waals surface area contributed by atoms with Crippen LogP contribution in [0.15, 0.2) is 0 Å². The molecule has 1 aliphatic rings. The number of esters is 1. The van der Waals surface area contributed by atoms with Gasteiger partial charge in [-0.15, -0.1) is 0 Å². The van der Waals surface area contributed by atoms with Crippen molar-refractivity contribution in [1.82, 2.24) is 0 Å². The van der Waals surface area contributed by atoms with E-state index in [4.69, 9.17) is 23.7 Å². The van der Waals surface area contributed by atoms with E-state index >= 15 is 0 Å². The Balaban J connectivity index is 2.75. The van der Waals surface area contributed by atoms with Gasteiger partial charge in [0.1, 0.15) is 12.2 Å². The van der Waals surface area contributed by atoms with E-state index in [0.29, 0.717) is 6.61 Å². The van der Waals surface area contributed by atoms with Crippen LogP contribution in [0.3, 0.4) is 0 Å². The van der Waals surface area contributed by atoms with Gasteiger partial charge in [-0.05, 0) is 0 Å². The molecule has 6 heteroatoms. The lowest BCUT2D eigenvalue weighted by atomic mass is 10.1. The highest BCUT2D eigenvalue weighted by Gasteiger charge is 2.49. The molecule has 1 heterocycles. The zero-order valence-electron chi connectivity index (χ0n) is 9.97. The van der Waals surface area contributed by atoms with Crippen LogP contribution in [0.1, 0.15) is 0 Å². The molecule has 0 radical (unpaired) electrons. The number of rotatable bonds is 6. The predicted molar refractivity (Wildman–Crippen MR) is 54.1 cm³/mol. The summed E-state index contributed by atoms with van der Waals surface area (Å²) in [7, 11) is 6.03. The van der Waals surface area contributed by atoms with Gasteiger partial charge in [0, 0.05) is 28.4 Å². The van der Waals surface area contributed by atoms with Crippen LogP contribution < -0.4 is 0 Å². The van der Waals surface area contributed by atoms with Gasteiger partial charge in [-0.3, -0.25) is 0 Å². The predicted octanol–water partition coefficient (Wildman–Crippen LogP) is -0.397. The monoisotopic (exact) mass is 234 g/mol. The SMILES string of the molecule is COCC(OC)[C@H]1OC(=O)[C@@H](OC)[C@H]1OC. The highest BCUT2D eigenvalue weighted by Crippen LogP contribution is 2.24. The first-order chi connectivity index (χ1) is 7.69. The molecule has 4 atom stereocenters. The van der Waals surface area contributed by atoms with Gasteiger partial charge in [-0.1, -0.05) is 0 Å². The first kappa shape index (κ1) is 13.4. The maximum Gasteiger partial charge on any atom is 0.338 e. The molecule has 0 aromatic carbocycles. The summed E-state index contributed by atoms with van der Waals surface area (Å²) in [6, 6.07) is 0. The fraction of sp³-hybridized carbons (Fsp3) is 0.900. The molecule has 94 valence electrons. The Kier molecular flexibility index (Phi) is 5.14. The second-order valence-corrected chi connectivity index (χ2v) is 3.49. The summed E-state index contributed by atoms with van der Waals surface area (Å²) in [6.45, 7) is 0.324. The topological polar surface area (TPSA) is 63.2 Å². The third-order valence-electron chi connectivity index (χ3n) is 2.63. The molecule has 1 rings (SSSR count). The van der Waals surface area contributed by atoms with Crippen LogP contribution in [0.2, 0.25) is 0 Å². The van der Waals surface area contributed by atoms with Gasteiger partial charge in [-0.2, -0.15) is 0 Å². The van der Waals surface area contributed by atoms with Crippen LogP contribution in [0.25, 0.3) is 0 Å². The zero-order valence-corrected chi connectivity index (χ0v) is 9.97. The lowest BCUT2D eigenvalue weighted by Gasteiger charge is -2.25. The molecule has 0 aromatic rings. The number of methoxy groups -OCH3 is 4. The summed E-state index contributed by atoms with van der Waals surface area (Å²) in [4.78, 5) is 11.5. The van der Waals surface area contributed by atoms with Crippen molar-refractivity contribution in [2.24, 2.45) is 0 Å². The molecule has 1 aliphatic heterocycles. The van der Waals surface area contributed by atoms with Crippen LogP contribution in [-0.4, -0.2) is 65.4 Å². The van der Waals surface area contributed by atoms with E-state index in [-0.39, 0.29) is 6.10 Å². The quantitative estimate of drug-likeness (QED) is 0.583. The van der Waals surface area contributed by atoms with Gasteiger partial charge in [0.05, 0.1) is 6.61 Å². The van der Waals surface area contributed by atoms with Crippen LogP contribution in [0.5, 0.6) is 0 Å². The van der Waals surface area contributed by atoms with Gasteiger partial charge in [0.25, 0.3) is 0 Å². The number of carbonyl (C=O) groups excluding carboxylic acids is 1. The van der Waals surface area contributed by atoms with Crippen LogP contribution >= 0.6 is 0 Å². The second-order valence-electron chi connectivity index (χ2n) is 3.49. The van der Waals surface area contributed by atoms with Crippen molar-refractivity contribution < 1.29 is 28.5 Å². The highest BCUT2D eigenvalue weighted by molar-refractivity contribution is 5.78. The normalized spacial score (nSPS) is 31.5. The minimum atomic E-state index is -0.704. The van der Waals surface area contributed by atoms with Crippen molar-refractivity contribution in [1.29, 1.82) is 0 Å². The number of ether oxygens (including phenoxy) is 5. The number of hydrogen-bond donors (Lipinski definition) is 0. The van der Waals surface area contributed by atoms with Crippen molar-refractivity contribution in [3.05, 3.63) is 0 Å². The lowest BCUT2D eigenvalue weighted by Crippen LogP contribution is -2.43. The Bertz CT molecular complexity index is 231. The molecule has 0 aromatic heterocycles. The maximum absolute atomic E-state index is 11.5. The molecule has 6 nitrogen and oxygen atoms in total. The van der Waals surface area contributed by atoms with Crippen LogP contribution in [0.4, 0.5) is 0 Å². The number of carbonyl (C=O) groups is 1. The Labute approximate surface area is 94.7 Å². The third kappa shape index (κ3) is 2.52. The number of hydrogen-bond acceptors (Lipinski definition) is 6. The Hall–Kier alpha value is -0.690. The summed E-state index contributed by atoms with van der Waals surface area (Å²) in [5.41, 5.74) is 0. The van der Waals surface area contributed by atoms with E-state index < -0.39 is 24.3 Å². The summed E-state index contributed by atoms with van der Waals surface area (Å²) >= 11 is 0. The molecule has 0 bridgehead atoms. The van der Waals surface area contributed by atoms with Gasteiger partial charge in [0.2, 0.25) is 0 Å². The molecule has 1 saturated heterocycles. The average Bonchev–Trinajstić information content (AvgIpc) is 2.61. The average molecular weight is 234 g/mol. The van der Waals surface area contributed by atoms with Crippen molar-refractivity contribution >= 4 is 5.97 Å². The van der Waals surface area contributed by atoms with Gasteiger partial charge < -0.3 is 23.7 Å². The van der Waals surface area contributed by atoms with E-state index in [1.807, 2.05) is 0 Å². The van der Waals surface area contributed by atoms with Crippen LogP contribution in [-0.2, 0) is 28.5 Å². The molecule has 16 heavy (non-hydrogen) atoms. The molecule has 0 spiro atoms. The van der Waals surface area contributed by atoms with E-state index in [9.17, 15) is 4.79 Å². The summed E-state index contributed by atoms with van der Waals surface area (Å²) < 4.78 is 25.6. The van der Waals surface area contributed by atoms with Gasteiger partial charge in [0.15, 0.2) is 12.2 Å². The zero-order chi connectivity index (χ0) is 12.1. The van der Waals surface area contributed by atoms with Gasteiger partial charge in [-0.25, -0.2) is 4.79 Å². The summed E-state index contributed by atoms with van der Waals surface area (Å²) in [5.74, 6) is -0.433. The smallest absolute Gasteiger partial charge is 0.338 e. The standard InChI is InChI=1S/C10H18O6/c1-12-5-6(13-2)7-8(14-3)9(15-4)10(11)16-7/h6-9H,5H2,1-4H3/t6?,7-,8+,9+/m1/s1. The Morgan fingerprint density at radius 2 is 1.94 bits per heavy atom. The summed E-state index contributed by atoms with van der Waals surface area (Å²) in [5, 5.41) is 0. The minimum absolute atomic E-state index is 0.324. The molecule has 0 N–H and O–H groups in total. The van der Waals surface area contributed by atoms with Gasteiger partial charge >= 0.3 is 5.97 Å². The lowest BCUT2D eigenvalue weighted by molar-refractivity contribution is -0.153. The highest BCUT2D eigenvalue weighted by atomic mass is 16.6. The minimum Gasteiger partial charge on any atom is -0.455 e. The molecular weight excluding hydrogens is 216 g/mol. The van der Waals surface area contributed by atoms with Crippen molar-refractivity contribution in [2.45, 2.75) is 24.4 Å². The second kappa shape index (κ2) is 6.15. The Morgan fingerprint density at radius 1 is 1.25 bits per heavy atom. The van der Waals surface area contributed by atoms with E-state index in [1.165, 1.54) is 21.3 Å². The molecule has 1 fully saturated rings. The van der Waals surface area contributed by atoms with Crippen molar-refractivity contribution in [3.8, 4) is 0 Å². The van der Waals surface area contributed by atoms with Crippen LogP contribution in [0, 0.1) is 0 Å². The van der Waals surface area contributed by atoms with E-state index in [0.717, 1.165) is 0 Å². The molecule has 1 unspecified atom stereocenters. The first-order valence-electron chi connectivity index (χ1n) is 4.97. The van der Waals surface area contributed by atoms with E-state index in [2.05, 4.69) is 0 Å². The molecule has 0 saturated carbocycles. The van der Waals surface area contributed by atoms with E-state index in [1.54, 1.807) is 7.11 Å². The fourth-order valence-electron chi connectivity index (χ4n) is 1.81. The maximum atomic E-state index is 11.5. The van der Waals surface area contributed by atoms with Crippen molar-refractivity contribution in [3.63, 3.8) is 0 Å². The summed E-state index contributed by atoms with van der Waals surface area (Å²) in [6.07, 6.45) is -2.05. The Morgan fingerprint density at radius 3 is 2.38 bits per heavy atom. The fourth-order valence-corrected chi connectivity index (χ4v) is 1.81. The third-order valence-corrected chi connectivity index (χ3v) is 2.63. The number of cyclic esters (lactones) is 1. The van der Waals surface area contributed by atoms with Crippen molar-refractivity contribution in [2.75, 3.05) is 35.0 Å².